The van der Waals surface area contributed by atoms with E-state index >= 15 is 0 Å². The molecular weight excluding hydrogens is 300 g/mol. The molecule has 3 rings (SSSR count). The Hall–Kier alpha value is -3.28. The minimum absolute atomic E-state index is 0.155. The van der Waals surface area contributed by atoms with Crippen LogP contribution in [0.15, 0.2) is 36.4 Å². The molecule has 1 heterocycles. The molecule has 0 bridgehead atoms. The Morgan fingerprint density at radius 2 is 1.65 bits per heavy atom. The monoisotopic (exact) mass is 310 g/mol. The standard InChI is InChI=1S/C17H10O6/c1-22-15(19)12-4-2-9(6-11(12)8-18)10-3-5-13-14(7-10)17(21)23-16(13)20/h2-8H,1H3. The minimum Gasteiger partial charge on any atom is -0.465 e. The lowest BCUT2D eigenvalue weighted by molar-refractivity contribution is 0.0442. The van der Waals surface area contributed by atoms with Gasteiger partial charge in [0.25, 0.3) is 0 Å². The zero-order valence-corrected chi connectivity index (χ0v) is 12.0. The average Bonchev–Trinajstić information content (AvgIpc) is 2.87. The van der Waals surface area contributed by atoms with Gasteiger partial charge in [0.15, 0.2) is 6.29 Å². The van der Waals surface area contributed by atoms with E-state index in [2.05, 4.69) is 9.47 Å². The topological polar surface area (TPSA) is 86.7 Å². The quantitative estimate of drug-likeness (QED) is 0.491. The molecule has 6 nitrogen and oxygen atoms in total. The predicted molar refractivity (Wildman–Crippen MR) is 78.4 cm³/mol. The Morgan fingerprint density at radius 3 is 2.35 bits per heavy atom. The van der Waals surface area contributed by atoms with Crippen molar-refractivity contribution < 1.29 is 28.7 Å². The van der Waals surface area contributed by atoms with Gasteiger partial charge >= 0.3 is 17.9 Å². The second-order valence-electron chi connectivity index (χ2n) is 4.85. The Morgan fingerprint density at radius 1 is 1.00 bits per heavy atom. The van der Waals surface area contributed by atoms with Gasteiger partial charge in [-0.3, -0.25) is 4.79 Å². The Balaban J connectivity index is 2.08. The van der Waals surface area contributed by atoms with Crippen molar-refractivity contribution in [2.24, 2.45) is 0 Å². The molecule has 1 aliphatic rings. The van der Waals surface area contributed by atoms with Crippen LogP contribution in [0, 0.1) is 0 Å². The fraction of sp³-hybridized carbons (Fsp3) is 0.0588. The number of esters is 3. The van der Waals surface area contributed by atoms with Crippen molar-refractivity contribution in [3.63, 3.8) is 0 Å². The van der Waals surface area contributed by atoms with Gasteiger partial charge < -0.3 is 9.47 Å². The molecule has 0 saturated carbocycles. The van der Waals surface area contributed by atoms with Crippen molar-refractivity contribution in [2.45, 2.75) is 0 Å². The maximum absolute atomic E-state index is 11.6. The first-order valence-corrected chi connectivity index (χ1v) is 6.63. The molecule has 0 saturated heterocycles. The number of cyclic esters (lactones) is 2. The van der Waals surface area contributed by atoms with Crippen molar-refractivity contribution in [1.29, 1.82) is 0 Å². The van der Waals surface area contributed by atoms with Crippen LogP contribution in [-0.2, 0) is 9.47 Å². The third kappa shape index (κ3) is 2.40. The first-order chi connectivity index (χ1) is 11.0. The molecule has 6 heteroatoms. The van der Waals surface area contributed by atoms with Gasteiger partial charge in [-0.05, 0) is 35.4 Å². The van der Waals surface area contributed by atoms with Crippen LogP contribution in [-0.4, -0.2) is 31.3 Å². The smallest absolute Gasteiger partial charge is 0.346 e. The van der Waals surface area contributed by atoms with Crippen LogP contribution in [0.4, 0.5) is 0 Å². The zero-order valence-electron chi connectivity index (χ0n) is 12.0. The number of fused-ring (bicyclic) bond motifs is 1. The molecule has 0 N–H and O–H groups in total. The fourth-order valence-electron chi connectivity index (χ4n) is 2.40. The number of benzene rings is 2. The Bertz CT molecular complexity index is 865. The first-order valence-electron chi connectivity index (χ1n) is 6.63. The van der Waals surface area contributed by atoms with Crippen molar-refractivity contribution >= 4 is 24.2 Å². The molecule has 2 aromatic rings. The summed E-state index contributed by atoms with van der Waals surface area (Å²) < 4.78 is 9.15. The molecule has 1 aliphatic heterocycles. The van der Waals surface area contributed by atoms with Crippen LogP contribution in [0.2, 0.25) is 0 Å². The highest BCUT2D eigenvalue weighted by Gasteiger charge is 2.29. The molecule has 0 radical (unpaired) electrons. The summed E-state index contributed by atoms with van der Waals surface area (Å²) in [7, 11) is 1.23. The van der Waals surface area contributed by atoms with Gasteiger partial charge in [-0.15, -0.1) is 0 Å². The van der Waals surface area contributed by atoms with E-state index in [9.17, 15) is 19.2 Å². The number of carbonyl (C=O) groups excluding carboxylic acids is 4. The van der Waals surface area contributed by atoms with Gasteiger partial charge in [0, 0.05) is 5.56 Å². The van der Waals surface area contributed by atoms with Crippen molar-refractivity contribution in [2.75, 3.05) is 7.11 Å². The van der Waals surface area contributed by atoms with Gasteiger partial charge in [-0.1, -0.05) is 12.1 Å². The molecular formula is C17H10O6. The maximum Gasteiger partial charge on any atom is 0.346 e. The second-order valence-corrected chi connectivity index (χ2v) is 4.85. The van der Waals surface area contributed by atoms with Gasteiger partial charge in [0.05, 0.1) is 23.8 Å². The highest BCUT2D eigenvalue weighted by Crippen LogP contribution is 2.28. The highest BCUT2D eigenvalue weighted by molar-refractivity contribution is 6.15. The maximum atomic E-state index is 11.6. The molecule has 23 heavy (non-hydrogen) atoms. The summed E-state index contributed by atoms with van der Waals surface area (Å²) in [6.45, 7) is 0. The molecule has 0 aliphatic carbocycles. The summed E-state index contributed by atoms with van der Waals surface area (Å²) >= 11 is 0. The molecule has 114 valence electrons. The van der Waals surface area contributed by atoms with Crippen molar-refractivity contribution in [1.82, 2.24) is 0 Å². The van der Waals surface area contributed by atoms with Crippen LogP contribution >= 0.6 is 0 Å². The zero-order chi connectivity index (χ0) is 16.6. The van der Waals surface area contributed by atoms with E-state index < -0.39 is 17.9 Å². The third-order valence-corrected chi connectivity index (χ3v) is 3.56. The Kier molecular flexibility index (Phi) is 3.50. The third-order valence-electron chi connectivity index (χ3n) is 3.56. The average molecular weight is 310 g/mol. The van der Waals surface area contributed by atoms with E-state index in [1.54, 1.807) is 12.1 Å². The number of rotatable bonds is 3. The van der Waals surface area contributed by atoms with E-state index in [4.69, 9.17) is 0 Å². The molecule has 0 unspecified atom stereocenters. The minimum atomic E-state index is -0.700. The number of carbonyl (C=O) groups is 4. The highest BCUT2D eigenvalue weighted by atomic mass is 16.6. The fourth-order valence-corrected chi connectivity index (χ4v) is 2.40. The van der Waals surface area contributed by atoms with E-state index in [-0.39, 0.29) is 22.3 Å². The normalized spacial score (nSPS) is 12.6. The van der Waals surface area contributed by atoms with Crippen LogP contribution in [0.5, 0.6) is 0 Å². The lowest BCUT2D eigenvalue weighted by Gasteiger charge is -2.07. The summed E-state index contributed by atoms with van der Waals surface area (Å²) in [5, 5.41) is 0. The predicted octanol–water partition coefficient (Wildman–Crippen LogP) is 2.26. The van der Waals surface area contributed by atoms with E-state index in [0.29, 0.717) is 17.4 Å². The SMILES string of the molecule is COC(=O)c1ccc(-c2ccc3c(c2)C(=O)OC3=O)cc1C=O. The number of methoxy groups -OCH3 is 1. The molecule has 0 amide bonds. The van der Waals surface area contributed by atoms with E-state index in [0.717, 1.165) is 0 Å². The largest absolute Gasteiger partial charge is 0.465 e. The van der Waals surface area contributed by atoms with E-state index in [1.807, 2.05) is 0 Å². The Labute approximate surface area is 130 Å². The molecule has 0 spiro atoms. The van der Waals surface area contributed by atoms with Gasteiger partial charge in [-0.2, -0.15) is 0 Å². The number of hydrogen-bond donors (Lipinski definition) is 0. The molecule has 0 fully saturated rings. The molecule has 2 aromatic carbocycles. The number of aldehydes is 1. The van der Waals surface area contributed by atoms with Crippen molar-refractivity contribution in [3.05, 3.63) is 58.7 Å². The first kappa shape index (κ1) is 14.6. The molecule has 0 aromatic heterocycles. The summed E-state index contributed by atoms with van der Waals surface area (Å²) in [5.41, 5.74) is 1.96. The van der Waals surface area contributed by atoms with Crippen LogP contribution < -0.4 is 0 Å². The lowest BCUT2D eigenvalue weighted by Crippen LogP contribution is -2.05. The van der Waals surface area contributed by atoms with E-state index in [1.165, 1.54) is 31.4 Å². The van der Waals surface area contributed by atoms with Crippen LogP contribution in [0.1, 0.15) is 41.4 Å². The van der Waals surface area contributed by atoms with Crippen LogP contribution in [0.3, 0.4) is 0 Å². The lowest BCUT2D eigenvalue weighted by atomic mass is 9.97. The van der Waals surface area contributed by atoms with Gasteiger partial charge in [0.2, 0.25) is 0 Å². The summed E-state index contributed by atoms with van der Waals surface area (Å²) in [4.78, 5) is 45.8. The summed E-state index contributed by atoms with van der Waals surface area (Å²) in [6.07, 6.45) is 0.556. The number of hydrogen-bond acceptors (Lipinski definition) is 6. The number of ether oxygens (including phenoxy) is 2. The second kappa shape index (κ2) is 5.49. The van der Waals surface area contributed by atoms with Crippen LogP contribution in [0.25, 0.3) is 11.1 Å². The summed E-state index contributed by atoms with van der Waals surface area (Å²) in [6, 6.07) is 9.27. The summed E-state index contributed by atoms with van der Waals surface area (Å²) in [5.74, 6) is -1.98. The van der Waals surface area contributed by atoms with Gasteiger partial charge in [-0.25, -0.2) is 14.4 Å². The molecule has 0 atom stereocenters. The van der Waals surface area contributed by atoms with Gasteiger partial charge in [0.1, 0.15) is 0 Å². The van der Waals surface area contributed by atoms with Crippen molar-refractivity contribution in [3.8, 4) is 11.1 Å².